The van der Waals surface area contributed by atoms with Crippen LogP contribution in [-0.4, -0.2) is 19.1 Å². The molecule has 112 valence electrons. The van der Waals surface area contributed by atoms with Crippen molar-refractivity contribution in [1.82, 2.24) is 5.32 Å². The van der Waals surface area contributed by atoms with E-state index in [1.165, 1.54) is 6.07 Å². The molecule has 1 N–H and O–H groups in total. The molecule has 1 aromatic carbocycles. The summed E-state index contributed by atoms with van der Waals surface area (Å²) in [5, 5.41) is 2.89. The van der Waals surface area contributed by atoms with Crippen LogP contribution in [0, 0.1) is 0 Å². The van der Waals surface area contributed by atoms with Gasteiger partial charge in [-0.3, -0.25) is 0 Å². The Labute approximate surface area is 118 Å². The van der Waals surface area contributed by atoms with E-state index in [-0.39, 0.29) is 5.54 Å². The summed E-state index contributed by atoms with van der Waals surface area (Å²) in [5.41, 5.74) is 0.213. The second-order valence-corrected chi connectivity index (χ2v) is 5.95. The van der Waals surface area contributed by atoms with Crippen LogP contribution in [0.2, 0.25) is 0 Å². The molecular formula is C15H21F3N2. The predicted molar refractivity (Wildman–Crippen MR) is 74.9 cm³/mol. The van der Waals surface area contributed by atoms with Crippen molar-refractivity contribution in [2.24, 2.45) is 0 Å². The Morgan fingerprint density at radius 3 is 2.50 bits per heavy atom. The lowest BCUT2D eigenvalue weighted by atomic mass is 9.99. The first-order chi connectivity index (χ1) is 9.25. The Bertz CT molecular complexity index is 480. The fourth-order valence-electron chi connectivity index (χ4n) is 2.91. The number of anilines is 1. The van der Waals surface area contributed by atoms with Gasteiger partial charge >= 0.3 is 6.18 Å². The average molecular weight is 286 g/mol. The molecule has 0 spiro atoms. The van der Waals surface area contributed by atoms with E-state index in [0.717, 1.165) is 12.8 Å². The molecular weight excluding hydrogens is 265 g/mol. The van der Waals surface area contributed by atoms with E-state index >= 15 is 0 Å². The topological polar surface area (TPSA) is 15.3 Å². The van der Waals surface area contributed by atoms with E-state index in [0.29, 0.717) is 24.3 Å². The second kappa shape index (κ2) is 5.28. The monoisotopic (exact) mass is 286 g/mol. The lowest BCUT2D eigenvalue weighted by molar-refractivity contribution is -0.137. The molecule has 0 unspecified atom stereocenters. The number of nitrogens with zero attached hydrogens (tertiary/aromatic N) is 1. The van der Waals surface area contributed by atoms with Crippen LogP contribution in [-0.2, 0) is 12.7 Å². The molecule has 2 rings (SSSR count). The minimum Gasteiger partial charge on any atom is -0.366 e. The van der Waals surface area contributed by atoms with Crippen molar-refractivity contribution in [2.45, 2.75) is 44.9 Å². The summed E-state index contributed by atoms with van der Waals surface area (Å²) in [6.45, 7) is 5.12. The van der Waals surface area contributed by atoms with E-state index in [1.54, 1.807) is 19.2 Å². The van der Waals surface area contributed by atoms with E-state index in [1.807, 2.05) is 18.7 Å². The molecule has 0 aliphatic carbocycles. The zero-order chi connectivity index (χ0) is 15.0. The maximum Gasteiger partial charge on any atom is 0.418 e. The van der Waals surface area contributed by atoms with Gasteiger partial charge in [0.25, 0.3) is 0 Å². The van der Waals surface area contributed by atoms with Crippen molar-refractivity contribution >= 4 is 5.69 Å². The number of alkyl halides is 3. The molecule has 2 nitrogen and oxygen atoms in total. The normalized spacial score (nSPS) is 18.6. The average Bonchev–Trinajstić information content (AvgIpc) is 2.68. The first kappa shape index (κ1) is 15.2. The summed E-state index contributed by atoms with van der Waals surface area (Å²) in [5.74, 6) is 0. The predicted octanol–water partition coefficient (Wildman–Crippen LogP) is 3.80. The number of nitrogens with one attached hydrogen (secondary N) is 1. The summed E-state index contributed by atoms with van der Waals surface area (Å²) < 4.78 is 40.0. The van der Waals surface area contributed by atoms with Gasteiger partial charge in [-0.05, 0) is 51.4 Å². The van der Waals surface area contributed by atoms with Crippen LogP contribution in [0.25, 0.3) is 0 Å². The van der Waals surface area contributed by atoms with Gasteiger partial charge in [0.15, 0.2) is 0 Å². The van der Waals surface area contributed by atoms with Crippen LogP contribution in [0.15, 0.2) is 18.2 Å². The maximum atomic E-state index is 13.3. The fourth-order valence-corrected chi connectivity index (χ4v) is 2.91. The summed E-state index contributed by atoms with van der Waals surface area (Å²) in [7, 11) is 1.73. The highest BCUT2D eigenvalue weighted by molar-refractivity contribution is 5.59. The molecule has 1 aliphatic heterocycles. The van der Waals surface area contributed by atoms with Gasteiger partial charge in [0, 0.05) is 24.3 Å². The molecule has 0 bridgehead atoms. The van der Waals surface area contributed by atoms with Gasteiger partial charge in [-0.25, -0.2) is 0 Å². The van der Waals surface area contributed by atoms with E-state index in [2.05, 4.69) is 5.32 Å². The molecule has 20 heavy (non-hydrogen) atoms. The second-order valence-electron chi connectivity index (χ2n) is 5.95. The lowest BCUT2D eigenvalue weighted by Gasteiger charge is -2.35. The Morgan fingerprint density at radius 1 is 1.30 bits per heavy atom. The number of hydrogen-bond acceptors (Lipinski definition) is 2. The summed E-state index contributed by atoms with van der Waals surface area (Å²) in [4.78, 5) is 1.89. The van der Waals surface area contributed by atoms with Crippen LogP contribution in [0.5, 0.6) is 0 Å². The molecule has 0 saturated carbocycles. The smallest absolute Gasteiger partial charge is 0.366 e. The van der Waals surface area contributed by atoms with Crippen LogP contribution < -0.4 is 10.2 Å². The first-order valence-corrected chi connectivity index (χ1v) is 6.88. The van der Waals surface area contributed by atoms with Crippen molar-refractivity contribution in [3.63, 3.8) is 0 Å². The Kier molecular flexibility index (Phi) is 4.00. The molecule has 0 aromatic heterocycles. The Hall–Kier alpha value is -1.23. The molecule has 1 heterocycles. The summed E-state index contributed by atoms with van der Waals surface area (Å²) in [6, 6.07) is 4.65. The Morgan fingerprint density at radius 2 is 2.00 bits per heavy atom. The lowest BCUT2D eigenvalue weighted by Crippen LogP contribution is -2.39. The zero-order valence-corrected chi connectivity index (χ0v) is 12.1. The number of rotatable bonds is 3. The van der Waals surface area contributed by atoms with Gasteiger partial charge in [-0.1, -0.05) is 6.07 Å². The minimum atomic E-state index is -4.32. The first-order valence-electron chi connectivity index (χ1n) is 6.88. The molecule has 5 heteroatoms. The molecule has 1 saturated heterocycles. The number of benzene rings is 1. The van der Waals surface area contributed by atoms with Crippen LogP contribution in [0.3, 0.4) is 0 Å². The van der Waals surface area contributed by atoms with E-state index < -0.39 is 11.7 Å². The summed E-state index contributed by atoms with van der Waals surface area (Å²) >= 11 is 0. The molecule has 1 fully saturated rings. The van der Waals surface area contributed by atoms with Crippen molar-refractivity contribution in [2.75, 3.05) is 18.5 Å². The van der Waals surface area contributed by atoms with Crippen molar-refractivity contribution in [3.8, 4) is 0 Å². The highest BCUT2D eigenvalue weighted by Crippen LogP contribution is 2.42. The number of halogens is 3. The van der Waals surface area contributed by atoms with Gasteiger partial charge in [0.05, 0.1) is 5.56 Å². The van der Waals surface area contributed by atoms with Crippen molar-refractivity contribution in [1.29, 1.82) is 0 Å². The molecule has 1 aromatic rings. The summed E-state index contributed by atoms with van der Waals surface area (Å²) in [6.07, 6.45) is -2.47. The van der Waals surface area contributed by atoms with E-state index in [9.17, 15) is 13.2 Å². The van der Waals surface area contributed by atoms with Gasteiger partial charge in [0.1, 0.15) is 0 Å². The van der Waals surface area contributed by atoms with Gasteiger partial charge in [-0.2, -0.15) is 13.2 Å². The van der Waals surface area contributed by atoms with Gasteiger partial charge in [0.2, 0.25) is 0 Å². The molecule has 0 atom stereocenters. The fraction of sp³-hybridized carbons (Fsp3) is 0.600. The van der Waals surface area contributed by atoms with Crippen LogP contribution >= 0.6 is 0 Å². The molecule has 0 radical (unpaired) electrons. The Balaban J connectivity index is 2.47. The van der Waals surface area contributed by atoms with Crippen LogP contribution in [0.1, 0.15) is 37.8 Å². The van der Waals surface area contributed by atoms with E-state index in [4.69, 9.17) is 0 Å². The third kappa shape index (κ3) is 2.92. The largest absolute Gasteiger partial charge is 0.418 e. The SMILES string of the molecule is CNCc1ccc(N2CCCC2(C)C)c(C(F)(F)F)c1. The molecule has 1 aliphatic rings. The minimum absolute atomic E-state index is 0.218. The third-order valence-electron chi connectivity index (χ3n) is 3.94. The van der Waals surface area contributed by atoms with Crippen molar-refractivity contribution in [3.05, 3.63) is 29.3 Å². The highest BCUT2D eigenvalue weighted by atomic mass is 19.4. The zero-order valence-electron chi connectivity index (χ0n) is 12.1. The maximum absolute atomic E-state index is 13.3. The third-order valence-corrected chi connectivity index (χ3v) is 3.94. The quantitative estimate of drug-likeness (QED) is 0.909. The highest BCUT2D eigenvalue weighted by Gasteiger charge is 2.39. The molecule has 0 amide bonds. The number of hydrogen-bond donors (Lipinski definition) is 1. The standard InChI is InChI=1S/C15H21F3N2/c1-14(2)7-4-8-20(14)13-6-5-11(10-19-3)9-12(13)15(16,17)18/h5-6,9,19H,4,7-8,10H2,1-3H3. The van der Waals surface area contributed by atoms with Crippen molar-refractivity contribution < 1.29 is 13.2 Å². The van der Waals surface area contributed by atoms with Crippen LogP contribution in [0.4, 0.5) is 18.9 Å². The van der Waals surface area contributed by atoms with Gasteiger partial charge < -0.3 is 10.2 Å². The van der Waals surface area contributed by atoms with Gasteiger partial charge in [-0.15, -0.1) is 0 Å².